The summed E-state index contributed by atoms with van der Waals surface area (Å²) in [6.45, 7) is 5.69. The molecule has 2 aromatic heterocycles. The van der Waals surface area contributed by atoms with Crippen molar-refractivity contribution in [1.82, 2.24) is 19.1 Å². The molecule has 0 saturated heterocycles. The molecule has 2 heterocycles. The first-order chi connectivity index (χ1) is 15.6. The standard InChI is InChI=1S/C12H12Br2N2O.C12H13BrN2O/c1-7-15-11-4-9(6-14)8(5-13)3-10(11)12(17)16(7)2;1-7-4-10-11(5-9(7)6-13)14-8(2)15(3)12(10)16/h3-4H,5-6H2,1-2H3;4-5H,6H2,1-3H3. The van der Waals surface area contributed by atoms with Crippen molar-refractivity contribution in [2.24, 2.45) is 14.1 Å². The molecule has 0 amide bonds. The smallest absolute Gasteiger partial charge is 0.261 e. The molecule has 0 aliphatic rings. The van der Waals surface area contributed by atoms with Crippen molar-refractivity contribution in [2.45, 2.75) is 36.8 Å². The maximum atomic E-state index is 12.1. The van der Waals surface area contributed by atoms with Crippen LogP contribution in [0.15, 0.2) is 33.9 Å². The molecule has 9 heteroatoms. The summed E-state index contributed by atoms with van der Waals surface area (Å²) in [6, 6.07) is 7.80. The van der Waals surface area contributed by atoms with Gasteiger partial charge in [-0.25, -0.2) is 9.97 Å². The van der Waals surface area contributed by atoms with E-state index in [2.05, 4.69) is 57.8 Å². The number of aryl methyl sites for hydroxylation is 3. The van der Waals surface area contributed by atoms with E-state index >= 15 is 0 Å². The Labute approximate surface area is 217 Å². The van der Waals surface area contributed by atoms with Crippen molar-refractivity contribution in [3.05, 3.63) is 78.9 Å². The average Bonchev–Trinajstić information content (AvgIpc) is 2.81. The van der Waals surface area contributed by atoms with Crippen molar-refractivity contribution < 1.29 is 0 Å². The zero-order valence-corrected chi connectivity index (χ0v) is 23.9. The predicted molar refractivity (Wildman–Crippen MR) is 146 cm³/mol. The number of hydrogen-bond acceptors (Lipinski definition) is 4. The number of alkyl halides is 3. The summed E-state index contributed by atoms with van der Waals surface area (Å²) in [6.07, 6.45) is 0. The zero-order chi connectivity index (χ0) is 24.4. The van der Waals surface area contributed by atoms with Crippen LogP contribution in [0.4, 0.5) is 0 Å². The van der Waals surface area contributed by atoms with Crippen LogP contribution < -0.4 is 11.1 Å². The fourth-order valence-corrected chi connectivity index (χ4v) is 5.14. The van der Waals surface area contributed by atoms with Gasteiger partial charge < -0.3 is 0 Å². The van der Waals surface area contributed by atoms with Gasteiger partial charge in [0.15, 0.2) is 0 Å². The van der Waals surface area contributed by atoms with E-state index in [1.807, 2.05) is 45.0 Å². The minimum atomic E-state index is 0.0100. The second kappa shape index (κ2) is 10.6. The van der Waals surface area contributed by atoms with E-state index in [0.717, 1.165) is 55.4 Å². The minimum absolute atomic E-state index is 0.0100. The third-order valence-electron chi connectivity index (χ3n) is 5.81. The van der Waals surface area contributed by atoms with Gasteiger partial charge in [0.1, 0.15) is 11.6 Å². The molecule has 174 valence electrons. The van der Waals surface area contributed by atoms with Gasteiger partial charge in [0.05, 0.1) is 21.8 Å². The molecule has 6 nitrogen and oxygen atoms in total. The van der Waals surface area contributed by atoms with Gasteiger partial charge in [-0.1, -0.05) is 47.8 Å². The van der Waals surface area contributed by atoms with E-state index in [4.69, 9.17) is 0 Å². The van der Waals surface area contributed by atoms with Crippen LogP contribution in [-0.2, 0) is 30.1 Å². The second-order valence-electron chi connectivity index (χ2n) is 7.88. The highest BCUT2D eigenvalue weighted by atomic mass is 79.9. The Morgan fingerprint density at radius 2 is 1.06 bits per heavy atom. The van der Waals surface area contributed by atoms with Crippen molar-refractivity contribution in [2.75, 3.05) is 0 Å². The van der Waals surface area contributed by atoms with Crippen molar-refractivity contribution in [1.29, 1.82) is 0 Å². The van der Waals surface area contributed by atoms with Gasteiger partial charge in [0, 0.05) is 30.1 Å². The molecular weight excluding hydrogens is 616 g/mol. The Kier molecular flexibility index (Phi) is 8.29. The Balaban J connectivity index is 0.000000186. The molecular formula is C24H25Br3N4O2. The molecule has 0 aliphatic heterocycles. The number of aromatic nitrogens is 4. The molecule has 0 spiro atoms. The van der Waals surface area contributed by atoms with E-state index in [1.165, 1.54) is 5.56 Å². The van der Waals surface area contributed by atoms with E-state index in [9.17, 15) is 9.59 Å². The van der Waals surface area contributed by atoms with Crippen LogP contribution in [0.1, 0.15) is 33.9 Å². The maximum Gasteiger partial charge on any atom is 0.261 e. The minimum Gasteiger partial charge on any atom is -0.299 e. The Morgan fingerprint density at radius 1 is 0.667 bits per heavy atom. The molecule has 0 bridgehead atoms. The van der Waals surface area contributed by atoms with Crippen LogP contribution in [0, 0.1) is 20.8 Å². The van der Waals surface area contributed by atoms with Crippen LogP contribution in [0.2, 0.25) is 0 Å². The molecule has 0 unspecified atom stereocenters. The lowest BCUT2D eigenvalue weighted by molar-refractivity contribution is 0.792. The van der Waals surface area contributed by atoms with E-state index in [0.29, 0.717) is 10.8 Å². The summed E-state index contributed by atoms with van der Waals surface area (Å²) < 4.78 is 3.16. The summed E-state index contributed by atoms with van der Waals surface area (Å²) >= 11 is 10.3. The predicted octanol–water partition coefficient (Wildman–Crippen LogP) is 5.48. The molecule has 0 aliphatic carbocycles. The van der Waals surface area contributed by atoms with E-state index in [-0.39, 0.29) is 11.1 Å². The lowest BCUT2D eigenvalue weighted by atomic mass is 10.1. The number of halogens is 3. The van der Waals surface area contributed by atoms with Gasteiger partial charge in [-0.2, -0.15) is 0 Å². The first-order valence-electron chi connectivity index (χ1n) is 10.3. The monoisotopic (exact) mass is 638 g/mol. The quantitative estimate of drug-likeness (QED) is 0.278. The normalized spacial score (nSPS) is 11.0. The molecule has 33 heavy (non-hydrogen) atoms. The van der Waals surface area contributed by atoms with Gasteiger partial charge in [-0.05, 0) is 67.3 Å². The van der Waals surface area contributed by atoms with Crippen LogP contribution in [-0.4, -0.2) is 19.1 Å². The highest BCUT2D eigenvalue weighted by Gasteiger charge is 2.10. The van der Waals surface area contributed by atoms with Gasteiger partial charge in [0.2, 0.25) is 0 Å². The maximum absolute atomic E-state index is 12.1. The first kappa shape index (κ1) is 25.8. The second-order valence-corrected chi connectivity index (χ2v) is 9.56. The molecule has 0 fully saturated rings. The topological polar surface area (TPSA) is 69.8 Å². The lowest BCUT2D eigenvalue weighted by Gasteiger charge is -2.09. The van der Waals surface area contributed by atoms with Crippen molar-refractivity contribution in [3.63, 3.8) is 0 Å². The van der Waals surface area contributed by atoms with Gasteiger partial charge in [-0.15, -0.1) is 0 Å². The summed E-state index contributed by atoms with van der Waals surface area (Å²) in [5.41, 5.74) is 6.15. The summed E-state index contributed by atoms with van der Waals surface area (Å²) in [4.78, 5) is 33.0. The van der Waals surface area contributed by atoms with Crippen LogP contribution in [0.25, 0.3) is 21.8 Å². The average molecular weight is 641 g/mol. The third kappa shape index (κ3) is 5.15. The van der Waals surface area contributed by atoms with Crippen LogP contribution >= 0.6 is 47.8 Å². The Hall–Kier alpha value is -1.84. The molecule has 0 saturated carbocycles. The third-order valence-corrected chi connectivity index (χ3v) is 7.62. The van der Waals surface area contributed by atoms with Gasteiger partial charge in [-0.3, -0.25) is 18.7 Å². The SMILES string of the molecule is Cc1cc2c(=O)n(C)c(C)nc2cc1CBr.Cc1nc2cc(CBr)c(CBr)cc2c(=O)n1C. The molecule has 0 N–H and O–H groups in total. The zero-order valence-electron chi connectivity index (χ0n) is 19.2. The Bertz CT molecular complexity index is 1480. The molecule has 4 rings (SSSR count). The number of nitrogens with zero attached hydrogens (tertiary/aromatic N) is 4. The summed E-state index contributed by atoms with van der Waals surface area (Å²) in [7, 11) is 3.49. The van der Waals surface area contributed by atoms with E-state index in [1.54, 1.807) is 23.2 Å². The Morgan fingerprint density at radius 3 is 1.52 bits per heavy atom. The van der Waals surface area contributed by atoms with Crippen molar-refractivity contribution in [3.8, 4) is 0 Å². The molecule has 0 atom stereocenters. The molecule has 0 radical (unpaired) electrons. The number of fused-ring (bicyclic) bond motifs is 2. The molecule has 4 aromatic rings. The van der Waals surface area contributed by atoms with Gasteiger partial charge in [0.25, 0.3) is 11.1 Å². The fourth-order valence-electron chi connectivity index (χ4n) is 3.49. The highest BCUT2D eigenvalue weighted by Crippen LogP contribution is 2.21. The number of rotatable bonds is 3. The largest absolute Gasteiger partial charge is 0.299 e. The molecule has 2 aromatic carbocycles. The fraction of sp³-hybridized carbons (Fsp3) is 0.333. The summed E-state index contributed by atoms with van der Waals surface area (Å²) in [5, 5.41) is 3.65. The first-order valence-corrected chi connectivity index (χ1v) is 13.6. The number of benzene rings is 2. The van der Waals surface area contributed by atoms with E-state index < -0.39 is 0 Å². The lowest BCUT2D eigenvalue weighted by Crippen LogP contribution is -2.20. The number of hydrogen-bond donors (Lipinski definition) is 0. The van der Waals surface area contributed by atoms with Crippen molar-refractivity contribution >= 4 is 69.6 Å². The highest BCUT2D eigenvalue weighted by molar-refractivity contribution is 9.09. The summed E-state index contributed by atoms with van der Waals surface area (Å²) in [5.74, 6) is 1.47. The van der Waals surface area contributed by atoms with Crippen LogP contribution in [0.3, 0.4) is 0 Å². The van der Waals surface area contributed by atoms with Gasteiger partial charge >= 0.3 is 0 Å². The van der Waals surface area contributed by atoms with Crippen LogP contribution in [0.5, 0.6) is 0 Å².